The van der Waals surface area contributed by atoms with Crippen molar-refractivity contribution < 1.29 is 0 Å². The Bertz CT molecular complexity index is 421. The van der Waals surface area contributed by atoms with Crippen LogP contribution in [0.5, 0.6) is 0 Å². The van der Waals surface area contributed by atoms with Crippen LogP contribution in [0, 0.1) is 0 Å². The third kappa shape index (κ3) is 1.63. The number of aromatic nitrogens is 2. The molecule has 1 unspecified atom stereocenters. The molecule has 5 heteroatoms. The van der Waals surface area contributed by atoms with Gasteiger partial charge >= 0.3 is 0 Å². The summed E-state index contributed by atoms with van der Waals surface area (Å²) in [5.74, 6) is 0. The van der Waals surface area contributed by atoms with Crippen LogP contribution in [0.25, 0.3) is 0 Å². The number of rotatable bonds is 2. The molecule has 14 heavy (non-hydrogen) atoms. The molecule has 0 saturated heterocycles. The van der Waals surface area contributed by atoms with Crippen molar-refractivity contribution in [2.75, 3.05) is 0 Å². The fraction of sp³-hybridized carbons (Fsp3) is 0.222. The standard InChI is InChI=1S/C9H10BrN3S/c1-13-9(10)6(5-12-13)8(11)7-3-2-4-14-7/h2-5,8H,11H2,1H3. The first-order valence-electron chi connectivity index (χ1n) is 4.16. The van der Waals surface area contributed by atoms with E-state index in [1.165, 1.54) is 0 Å². The van der Waals surface area contributed by atoms with Crippen LogP contribution in [0.4, 0.5) is 0 Å². The van der Waals surface area contributed by atoms with Gasteiger partial charge in [-0.1, -0.05) is 6.07 Å². The second-order valence-electron chi connectivity index (χ2n) is 3.01. The van der Waals surface area contributed by atoms with Crippen LogP contribution in [0.3, 0.4) is 0 Å². The predicted molar refractivity (Wildman–Crippen MR) is 61.3 cm³/mol. The summed E-state index contributed by atoms with van der Waals surface area (Å²) in [5, 5.41) is 6.17. The van der Waals surface area contributed by atoms with Crippen LogP contribution >= 0.6 is 27.3 Å². The molecule has 0 spiro atoms. The van der Waals surface area contributed by atoms with E-state index in [2.05, 4.69) is 21.0 Å². The average molecular weight is 272 g/mol. The molecule has 3 nitrogen and oxygen atoms in total. The molecule has 2 aromatic rings. The molecular weight excluding hydrogens is 262 g/mol. The third-order valence-electron chi connectivity index (χ3n) is 2.08. The number of nitrogens with two attached hydrogens (primary N) is 1. The third-order valence-corrected chi connectivity index (χ3v) is 4.00. The Morgan fingerprint density at radius 3 is 2.93 bits per heavy atom. The monoisotopic (exact) mass is 271 g/mol. The Hall–Kier alpha value is -0.650. The Morgan fingerprint density at radius 2 is 2.43 bits per heavy atom. The SMILES string of the molecule is Cn1ncc(C(N)c2cccs2)c1Br. The number of halogens is 1. The molecular formula is C9H10BrN3S. The van der Waals surface area contributed by atoms with Crippen molar-refractivity contribution in [3.63, 3.8) is 0 Å². The van der Waals surface area contributed by atoms with Crippen molar-refractivity contribution in [2.45, 2.75) is 6.04 Å². The number of hydrogen-bond donors (Lipinski definition) is 1. The van der Waals surface area contributed by atoms with Gasteiger partial charge in [-0.2, -0.15) is 5.10 Å². The van der Waals surface area contributed by atoms with Gasteiger partial charge in [0.1, 0.15) is 4.60 Å². The van der Waals surface area contributed by atoms with E-state index in [1.807, 2.05) is 24.6 Å². The number of hydrogen-bond acceptors (Lipinski definition) is 3. The van der Waals surface area contributed by atoms with Crippen LogP contribution in [0.2, 0.25) is 0 Å². The van der Waals surface area contributed by atoms with Gasteiger partial charge in [0, 0.05) is 17.5 Å². The predicted octanol–water partition coefficient (Wildman–Crippen LogP) is 2.29. The molecule has 0 radical (unpaired) electrons. The number of aryl methyl sites for hydroxylation is 1. The van der Waals surface area contributed by atoms with E-state index in [0.717, 1.165) is 15.0 Å². The lowest BCUT2D eigenvalue weighted by atomic mass is 10.1. The van der Waals surface area contributed by atoms with Gasteiger partial charge in [-0.15, -0.1) is 11.3 Å². The molecule has 0 aliphatic rings. The molecule has 0 aliphatic heterocycles. The average Bonchev–Trinajstić information content (AvgIpc) is 2.77. The highest BCUT2D eigenvalue weighted by Gasteiger charge is 2.15. The first-order valence-corrected chi connectivity index (χ1v) is 5.84. The summed E-state index contributed by atoms with van der Waals surface area (Å²) in [6, 6.07) is 3.96. The molecule has 0 saturated carbocycles. The quantitative estimate of drug-likeness (QED) is 0.911. The van der Waals surface area contributed by atoms with Crippen molar-refractivity contribution in [3.05, 3.63) is 38.8 Å². The van der Waals surface area contributed by atoms with Gasteiger partial charge < -0.3 is 5.73 Å². The fourth-order valence-electron chi connectivity index (χ4n) is 1.27. The smallest absolute Gasteiger partial charge is 0.108 e. The Kier molecular flexibility index (Phi) is 2.71. The summed E-state index contributed by atoms with van der Waals surface area (Å²) >= 11 is 5.12. The Balaban J connectivity index is 2.36. The summed E-state index contributed by atoms with van der Waals surface area (Å²) in [6.07, 6.45) is 1.80. The minimum Gasteiger partial charge on any atom is -0.319 e. The summed E-state index contributed by atoms with van der Waals surface area (Å²) in [6.45, 7) is 0. The second kappa shape index (κ2) is 3.84. The molecule has 0 amide bonds. The topological polar surface area (TPSA) is 43.8 Å². The summed E-state index contributed by atoms with van der Waals surface area (Å²) in [7, 11) is 1.88. The number of nitrogens with zero attached hydrogens (tertiary/aromatic N) is 2. The van der Waals surface area contributed by atoms with Gasteiger partial charge in [0.15, 0.2) is 0 Å². The first-order chi connectivity index (χ1) is 6.70. The maximum absolute atomic E-state index is 6.10. The molecule has 0 fully saturated rings. The van der Waals surface area contributed by atoms with E-state index in [9.17, 15) is 0 Å². The van der Waals surface area contributed by atoms with Crippen molar-refractivity contribution in [1.29, 1.82) is 0 Å². The van der Waals surface area contributed by atoms with Gasteiger partial charge in [-0.05, 0) is 27.4 Å². The molecule has 1 atom stereocenters. The minimum atomic E-state index is -0.0851. The first kappa shape index (κ1) is 9.89. The number of thiophene rings is 1. The van der Waals surface area contributed by atoms with Gasteiger partial charge in [0.05, 0.1) is 12.2 Å². The van der Waals surface area contributed by atoms with Crippen LogP contribution < -0.4 is 5.73 Å². The zero-order valence-corrected chi connectivity index (χ0v) is 10.0. The highest BCUT2D eigenvalue weighted by molar-refractivity contribution is 9.10. The van der Waals surface area contributed by atoms with Crippen LogP contribution in [0.15, 0.2) is 28.3 Å². The van der Waals surface area contributed by atoms with Gasteiger partial charge in [-0.25, -0.2) is 0 Å². The maximum atomic E-state index is 6.10. The van der Waals surface area contributed by atoms with Crippen molar-refractivity contribution >= 4 is 27.3 Å². The maximum Gasteiger partial charge on any atom is 0.108 e. The van der Waals surface area contributed by atoms with E-state index in [0.29, 0.717) is 0 Å². The largest absolute Gasteiger partial charge is 0.319 e. The Morgan fingerprint density at radius 1 is 1.64 bits per heavy atom. The highest BCUT2D eigenvalue weighted by atomic mass is 79.9. The second-order valence-corrected chi connectivity index (χ2v) is 4.74. The molecule has 2 heterocycles. The lowest BCUT2D eigenvalue weighted by molar-refractivity contribution is 0.745. The van der Waals surface area contributed by atoms with Gasteiger partial charge in [0.25, 0.3) is 0 Å². The molecule has 74 valence electrons. The highest BCUT2D eigenvalue weighted by Crippen LogP contribution is 2.28. The van der Waals surface area contributed by atoms with E-state index < -0.39 is 0 Å². The molecule has 0 bridgehead atoms. The molecule has 2 rings (SSSR count). The van der Waals surface area contributed by atoms with Gasteiger partial charge in [0.2, 0.25) is 0 Å². The van der Waals surface area contributed by atoms with E-state index in [-0.39, 0.29) is 6.04 Å². The fourth-order valence-corrected chi connectivity index (χ4v) is 2.46. The van der Waals surface area contributed by atoms with E-state index in [1.54, 1.807) is 22.2 Å². The van der Waals surface area contributed by atoms with E-state index >= 15 is 0 Å². The molecule has 2 N–H and O–H groups in total. The molecule has 0 aromatic carbocycles. The van der Waals surface area contributed by atoms with Crippen molar-refractivity contribution in [3.8, 4) is 0 Å². The molecule has 0 aliphatic carbocycles. The lowest BCUT2D eigenvalue weighted by Crippen LogP contribution is -2.10. The van der Waals surface area contributed by atoms with Crippen molar-refractivity contribution in [1.82, 2.24) is 9.78 Å². The van der Waals surface area contributed by atoms with Crippen molar-refractivity contribution in [2.24, 2.45) is 12.8 Å². The van der Waals surface area contributed by atoms with Crippen LogP contribution in [-0.2, 0) is 7.05 Å². The summed E-state index contributed by atoms with van der Waals surface area (Å²) < 4.78 is 2.71. The zero-order chi connectivity index (χ0) is 10.1. The van der Waals surface area contributed by atoms with Gasteiger partial charge in [-0.3, -0.25) is 4.68 Å². The summed E-state index contributed by atoms with van der Waals surface area (Å²) in [4.78, 5) is 1.15. The van der Waals surface area contributed by atoms with E-state index in [4.69, 9.17) is 5.73 Å². The normalized spacial score (nSPS) is 13.1. The minimum absolute atomic E-state index is 0.0851. The Labute approximate surface area is 94.7 Å². The van der Waals surface area contributed by atoms with Crippen LogP contribution in [0.1, 0.15) is 16.5 Å². The zero-order valence-electron chi connectivity index (χ0n) is 7.64. The molecule has 2 aromatic heterocycles. The van der Waals surface area contributed by atoms with Crippen LogP contribution in [-0.4, -0.2) is 9.78 Å². The lowest BCUT2D eigenvalue weighted by Gasteiger charge is -2.07. The summed E-state index contributed by atoms with van der Waals surface area (Å²) in [5.41, 5.74) is 7.13.